The normalized spacial score (nSPS) is 31.2. The third-order valence-electron chi connectivity index (χ3n) is 4.71. The molecule has 2 atom stereocenters. The van der Waals surface area contributed by atoms with E-state index in [1.54, 1.807) is 0 Å². The molecule has 1 saturated carbocycles. The van der Waals surface area contributed by atoms with Gasteiger partial charge in [0.25, 0.3) is 0 Å². The molecule has 0 radical (unpaired) electrons. The average molecular weight is 239 g/mol. The van der Waals surface area contributed by atoms with Crippen LogP contribution in [-0.2, 0) is 0 Å². The number of nitrogens with zero attached hydrogens (tertiary/aromatic N) is 2. The summed E-state index contributed by atoms with van der Waals surface area (Å²) in [6.07, 6.45) is 8.32. The number of piperidine rings is 1. The van der Waals surface area contributed by atoms with Crippen molar-refractivity contribution in [2.24, 2.45) is 11.7 Å². The molecule has 100 valence electrons. The van der Waals surface area contributed by atoms with E-state index in [-0.39, 0.29) is 0 Å². The number of hydrogen-bond acceptors (Lipinski definition) is 3. The zero-order valence-corrected chi connectivity index (χ0v) is 11.4. The lowest BCUT2D eigenvalue weighted by Gasteiger charge is -2.33. The maximum atomic E-state index is 5.86. The molecule has 0 aromatic rings. The van der Waals surface area contributed by atoms with Gasteiger partial charge in [0.15, 0.2) is 0 Å². The van der Waals surface area contributed by atoms with Crippen molar-refractivity contribution in [1.82, 2.24) is 9.80 Å². The van der Waals surface area contributed by atoms with Gasteiger partial charge in [0.1, 0.15) is 0 Å². The molecule has 0 amide bonds. The lowest BCUT2D eigenvalue weighted by molar-refractivity contribution is 0.153. The molecule has 2 rings (SSSR count). The second-order valence-electron chi connectivity index (χ2n) is 5.88. The van der Waals surface area contributed by atoms with E-state index < -0.39 is 0 Å². The lowest BCUT2D eigenvalue weighted by Crippen LogP contribution is -2.43. The summed E-state index contributed by atoms with van der Waals surface area (Å²) in [6, 6.07) is 0.754. The van der Waals surface area contributed by atoms with E-state index in [9.17, 15) is 0 Å². The van der Waals surface area contributed by atoms with Gasteiger partial charge in [-0.3, -0.25) is 0 Å². The van der Waals surface area contributed by atoms with Crippen LogP contribution in [0.2, 0.25) is 0 Å². The maximum absolute atomic E-state index is 5.86. The number of nitrogens with two attached hydrogens (primary N) is 1. The SMILES string of the molecule is CN(CCN1CCCCC1)C1CCCC1CN. The third-order valence-corrected chi connectivity index (χ3v) is 4.71. The topological polar surface area (TPSA) is 32.5 Å². The summed E-state index contributed by atoms with van der Waals surface area (Å²) >= 11 is 0. The number of likely N-dealkylation sites (tertiary alicyclic amines) is 1. The van der Waals surface area contributed by atoms with Crippen molar-refractivity contribution in [1.29, 1.82) is 0 Å². The van der Waals surface area contributed by atoms with Crippen LogP contribution in [0.15, 0.2) is 0 Å². The zero-order chi connectivity index (χ0) is 12.1. The van der Waals surface area contributed by atoms with E-state index >= 15 is 0 Å². The van der Waals surface area contributed by atoms with Crippen LogP contribution < -0.4 is 5.73 Å². The third kappa shape index (κ3) is 3.67. The highest BCUT2D eigenvalue weighted by Gasteiger charge is 2.29. The fraction of sp³-hybridized carbons (Fsp3) is 1.00. The fourth-order valence-corrected chi connectivity index (χ4v) is 3.52. The predicted octanol–water partition coefficient (Wildman–Crippen LogP) is 1.53. The van der Waals surface area contributed by atoms with Crippen LogP contribution >= 0.6 is 0 Å². The molecular formula is C14H29N3. The number of hydrogen-bond donors (Lipinski definition) is 1. The van der Waals surface area contributed by atoms with E-state index in [2.05, 4.69) is 16.8 Å². The molecular weight excluding hydrogens is 210 g/mol. The van der Waals surface area contributed by atoms with Gasteiger partial charge in [0.2, 0.25) is 0 Å². The van der Waals surface area contributed by atoms with Gasteiger partial charge in [-0.2, -0.15) is 0 Å². The minimum atomic E-state index is 0.751. The Morgan fingerprint density at radius 1 is 1.12 bits per heavy atom. The van der Waals surface area contributed by atoms with E-state index in [4.69, 9.17) is 5.73 Å². The Morgan fingerprint density at radius 2 is 1.88 bits per heavy atom. The Kier molecular flexibility index (Phi) is 5.26. The maximum Gasteiger partial charge on any atom is 0.0133 e. The first-order valence-electron chi connectivity index (χ1n) is 7.44. The van der Waals surface area contributed by atoms with Gasteiger partial charge >= 0.3 is 0 Å². The van der Waals surface area contributed by atoms with Crippen LogP contribution in [0.5, 0.6) is 0 Å². The van der Waals surface area contributed by atoms with Crippen molar-refractivity contribution in [2.45, 2.75) is 44.6 Å². The Bertz CT molecular complexity index is 214. The Labute approximate surface area is 106 Å². The predicted molar refractivity (Wildman–Crippen MR) is 73.1 cm³/mol. The van der Waals surface area contributed by atoms with Gasteiger partial charge in [-0.05, 0) is 58.3 Å². The van der Waals surface area contributed by atoms with Gasteiger partial charge in [0, 0.05) is 19.1 Å². The fourth-order valence-electron chi connectivity index (χ4n) is 3.52. The summed E-state index contributed by atoms with van der Waals surface area (Å²) < 4.78 is 0. The van der Waals surface area contributed by atoms with Crippen LogP contribution in [-0.4, -0.2) is 55.6 Å². The summed E-state index contributed by atoms with van der Waals surface area (Å²) in [5, 5.41) is 0. The highest BCUT2D eigenvalue weighted by molar-refractivity contribution is 4.85. The van der Waals surface area contributed by atoms with Crippen molar-refractivity contribution >= 4 is 0 Å². The summed E-state index contributed by atoms with van der Waals surface area (Å²) in [5.41, 5.74) is 5.86. The van der Waals surface area contributed by atoms with Crippen LogP contribution in [0.1, 0.15) is 38.5 Å². The minimum Gasteiger partial charge on any atom is -0.330 e. The summed E-state index contributed by atoms with van der Waals surface area (Å²) in [5.74, 6) is 0.751. The minimum absolute atomic E-state index is 0.751. The van der Waals surface area contributed by atoms with Crippen molar-refractivity contribution in [3.8, 4) is 0 Å². The number of likely N-dealkylation sites (N-methyl/N-ethyl adjacent to an activating group) is 1. The Balaban J connectivity index is 1.70. The van der Waals surface area contributed by atoms with Gasteiger partial charge in [-0.1, -0.05) is 12.8 Å². The highest BCUT2D eigenvalue weighted by Crippen LogP contribution is 2.28. The first kappa shape index (κ1) is 13.3. The first-order chi connectivity index (χ1) is 8.31. The monoisotopic (exact) mass is 239 g/mol. The van der Waals surface area contributed by atoms with Gasteiger partial charge in [-0.15, -0.1) is 0 Å². The van der Waals surface area contributed by atoms with Gasteiger partial charge < -0.3 is 15.5 Å². The van der Waals surface area contributed by atoms with Crippen LogP contribution in [0.3, 0.4) is 0 Å². The molecule has 3 heteroatoms. The molecule has 1 heterocycles. The molecule has 1 aliphatic heterocycles. The molecule has 0 aromatic heterocycles. The molecule has 17 heavy (non-hydrogen) atoms. The second-order valence-corrected chi connectivity index (χ2v) is 5.88. The van der Waals surface area contributed by atoms with Crippen LogP contribution in [0.25, 0.3) is 0 Å². The van der Waals surface area contributed by atoms with E-state index in [0.717, 1.165) is 18.5 Å². The standard InChI is InChI=1S/C14H29N3/c1-16(14-7-5-6-13(14)12-15)10-11-17-8-3-2-4-9-17/h13-14H,2-12,15H2,1H3. The first-order valence-corrected chi connectivity index (χ1v) is 7.44. The lowest BCUT2D eigenvalue weighted by atomic mass is 10.0. The van der Waals surface area contributed by atoms with Crippen molar-refractivity contribution < 1.29 is 0 Å². The summed E-state index contributed by atoms with van der Waals surface area (Å²) in [4.78, 5) is 5.20. The average Bonchev–Trinajstić information content (AvgIpc) is 2.85. The van der Waals surface area contributed by atoms with E-state index in [1.807, 2.05) is 0 Å². The van der Waals surface area contributed by atoms with E-state index in [1.165, 1.54) is 64.7 Å². The largest absolute Gasteiger partial charge is 0.330 e. The molecule has 2 aliphatic rings. The molecule has 1 saturated heterocycles. The Hall–Kier alpha value is -0.120. The molecule has 3 nitrogen and oxygen atoms in total. The van der Waals surface area contributed by atoms with Crippen molar-refractivity contribution in [3.63, 3.8) is 0 Å². The summed E-state index contributed by atoms with van der Waals surface area (Å²) in [6.45, 7) is 5.99. The smallest absolute Gasteiger partial charge is 0.0133 e. The molecule has 0 spiro atoms. The second kappa shape index (κ2) is 6.72. The zero-order valence-electron chi connectivity index (χ0n) is 11.4. The molecule has 0 bridgehead atoms. The van der Waals surface area contributed by atoms with Crippen molar-refractivity contribution in [2.75, 3.05) is 39.8 Å². The van der Waals surface area contributed by atoms with Gasteiger partial charge in [-0.25, -0.2) is 0 Å². The molecule has 0 aromatic carbocycles. The van der Waals surface area contributed by atoms with Crippen molar-refractivity contribution in [3.05, 3.63) is 0 Å². The number of rotatable bonds is 5. The highest BCUT2D eigenvalue weighted by atomic mass is 15.2. The molecule has 2 N–H and O–H groups in total. The summed E-state index contributed by atoms with van der Waals surface area (Å²) in [7, 11) is 2.29. The van der Waals surface area contributed by atoms with Gasteiger partial charge in [0.05, 0.1) is 0 Å². The molecule has 2 fully saturated rings. The van der Waals surface area contributed by atoms with E-state index in [0.29, 0.717) is 0 Å². The molecule has 1 aliphatic carbocycles. The molecule has 2 unspecified atom stereocenters. The Morgan fingerprint density at radius 3 is 2.59 bits per heavy atom. The van der Waals surface area contributed by atoms with Crippen LogP contribution in [0.4, 0.5) is 0 Å². The quantitative estimate of drug-likeness (QED) is 0.790. The van der Waals surface area contributed by atoms with Crippen LogP contribution in [0, 0.1) is 5.92 Å².